The molecule has 1 aliphatic rings. The van der Waals surface area contributed by atoms with Gasteiger partial charge in [0, 0.05) is 10.6 Å². The molecule has 18 heavy (non-hydrogen) atoms. The highest BCUT2D eigenvalue weighted by Gasteiger charge is 2.41. The van der Waals surface area contributed by atoms with Gasteiger partial charge in [-0.05, 0) is 37.1 Å². The van der Waals surface area contributed by atoms with Crippen LogP contribution in [0.5, 0.6) is 0 Å². The van der Waals surface area contributed by atoms with Crippen molar-refractivity contribution in [1.29, 1.82) is 0 Å². The van der Waals surface area contributed by atoms with E-state index in [2.05, 4.69) is 10.5 Å². The lowest BCUT2D eigenvalue weighted by molar-refractivity contribution is -0.0958. The van der Waals surface area contributed by atoms with Crippen LogP contribution in [0.2, 0.25) is 5.02 Å². The van der Waals surface area contributed by atoms with E-state index in [0.717, 1.165) is 0 Å². The van der Waals surface area contributed by atoms with Crippen LogP contribution in [-0.4, -0.2) is 11.9 Å². The summed E-state index contributed by atoms with van der Waals surface area (Å²) in [6, 6.07) is 4.80. The van der Waals surface area contributed by atoms with Crippen LogP contribution in [-0.2, 0) is 0 Å². The molecule has 0 bridgehead atoms. The Morgan fingerprint density at radius 3 is 2.44 bits per heavy atom. The van der Waals surface area contributed by atoms with Crippen molar-refractivity contribution < 1.29 is 13.2 Å². The van der Waals surface area contributed by atoms with E-state index in [1.165, 1.54) is 13.0 Å². The first-order chi connectivity index (χ1) is 8.30. The summed E-state index contributed by atoms with van der Waals surface area (Å²) in [4.78, 5) is 0. The number of alkyl halides is 3. The summed E-state index contributed by atoms with van der Waals surface area (Å²) in [6.45, 7) is 3.22. The Labute approximate surface area is 107 Å². The molecule has 1 radical (unpaired) electrons. The number of halogens is 4. The van der Waals surface area contributed by atoms with Crippen LogP contribution in [0.3, 0.4) is 0 Å². The van der Waals surface area contributed by atoms with Gasteiger partial charge in [-0.3, -0.25) is 0 Å². The van der Waals surface area contributed by atoms with Crippen molar-refractivity contribution in [1.82, 2.24) is 5.43 Å². The van der Waals surface area contributed by atoms with Gasteiger partial charge in [-0.2, -0.15) is 18.3 Å². The Hall–Kier alpha value is -1.49. The number of aryl methyl sites for hydroxylation is 1. The number of benzene rings is 1. The fourth-order valence-electron chi connectivity index (χ4n) is 1.78. The summed E-state index contributed by atoms with van der Waals surface area (Å²) >= 11 is 5.83. The zero-order valence-electron chi connectivity index (χ0n) is 9.64. The lowest BCUT2D eigenvalue weighted by atomic mass is 9.96. The number of allylic oxidation sites excluding steroid dienone is 2. The minimum absolute atomic E-state index is 0.00231. The van der Waals surface area contributed by atoms with E-state index in [-0.39, 0.29) is 11.3 Å². The number of hydrogen-bond donors (Lipinski definition) is 0. The lowest BCUT2D eigenvalue weighted by Crippen LogP contribution is -2.18. The standard InChI is InChI=1S/C12H9ClF3N2/c1-6-3-4-8(13)5-9(6)10-7(2)17-18-11(10)12(14,15)16/h3-5H,1-2H3. The predicted octanol–water partition coefficient (Wildman–Crippen LogP) is 3.92. The maximum atomic E-state index is 12.8. The van der Waals surface area contributed by atoms with E-state index >= 15 is 0 Å². The van der Waals surface area contributed by atoms with Gasteiger partial charge in [0.05, 0.1) is 5.71 Å². The van der Waals surface area contributed by atoms with Gasteiger partial charge >= 0.3 is 6.18 Å². The van der Waals surface area contributed by atoms with Crippen LogP contribution < -0.4 is 5.43 Å². The van der Waals surface area contributed by atoms with Crippen molar-refractivity contribution >= 4 is 22.9 Å². The molecule has 0 fully saturated rings. The normalized spacial score (nSPS) is 15.8. The molecule has 1 heterocycles. The zero-order chi connectivity index (χ0) is 13.5. The van der Waals surface area contributed by atoms with Crippen molar-refractivity contribution in [3.63, 3.8) is 0 Å². The fraction of sp³-hybridized carbons (Fsp3) is 0.250. The SMILES string of the molecule is CC1=N[N]C(C(F)(F)F)=C1c1cc(Cl)ccc1C. The van der Waals surface area contributed by atoms with E-state index in [1.54, 1.807) is 19.1 Å². The molecule has 0 atom stereocenters. The van der Waals surface area contributed by atoms with Crippen LogP contribution >= 0.6 is 11.6 Å². The maximum absolute atomic E-state index is 12.8. The summed E-state index contributed by atoms with van der Waals surface area (Å²) in [7, 11) is 0. The lowest BCUT2D eigenvalue weighted by Gasteiger charge is -2.12. The van der Waals surface area contributed by atoms with Crippen molar-refractivity contribution in [3.8, 4) is 0 Å². The molecule has 1 aliphatic heterocycles. The van der Waals surface area contributed by atoms with E-state index in [9.17, 15) is 13.2 Å². The molecule has 0 spiro atoms. The molecule has 95 valence electrons. The third kappa shape index (κ3) is 2.22. The Morgan fingerprint density at radius 1 is 1.17 bits per heavy atom. The molecule has 0 amide bonds. The van der Waals surface area contributed by atoms with E-state index in [0.29, 0.717) is 16.1 Å². The number of hydrogen-bond acceptors (Lipinski definition) is 1. The van der Waals surface area contributed by atoms with Gasteiger partial charge in [-0.15, -0.1) is 5.43 Å². The van der Waals surface area contributed by atoms with Crippen LogP contribution in [0.15, 0.2) is 29.0 Å². The Kier molecular flexibility index (Phi) is 3.11. The largest absolute Gasteiger partial charge is 0.435 e. The van der Waals surface area contributed by atoms with Crippen molar-refractivity contribution in [2.24, 2.45) is 5.10 Å². The second kappa shape index (κ2) is 4.31. The highest BCUT2D eigenvalue weighted by atomic mass is 35.5. The summed E-state index contributed by atoms with van der Waals surface area (Å²) in [5, 5.41) is 3.90. The predicted molar refractivity (Wildman–Crippen MR) is 64.4 cm³/mol. The second-order valence-electron chi connectivity index (χ2n) is 3.97. The van der Waals surface area contributed by atoms with Crippen molar-refractivity contribution in [2.75, 3.05) is 0 Å². The molecule has 0 aromatic heterocycles. The fourth-order valence-corrected chi connectivity index (χ4v) is 1.95. The van der Waals surface area contributed by atoms with E-state index in [1.807, 2.05) is 0 Å². The summed E-state index contributed by atoms with van der Waals surface area (Å²) in [5.74, 6) is 0. The molecule has 0 unspecified atom stereocenters. The molecule has 6 heteroatoms. The summed E-state index contributed by atoms with van der Waals surface area (Å²) < 4.78 is 38.5. The van der Waals surface area contributed by atoms with Gasteiger partial charge in [0.2, 0.25) is 0 Å². The minimum atomic E-state index is -4.52. The Bertz CT molecular complexity index is 559. The molecule has 0 saturated heterocycles. The molecular weight excluding hydrogens is 265 g/mol. The molecule has 1 aromatic carbocycles. The molecule has 0 saturated carbocycles. The highest BCUT2D eigenvalue weighted by Crippen LogP contribution is 2.37. The molecule has 2 rings (SSSR count). The minimum Gasteiger partial charge on any atom is -0.164 e. The number of nitrogens with zero attached hydrogens (tertiary/aromatic N) is 2. The first-order valence-electron chi connectivity index (χ1n) is 5.14. The number of rotatable bonds is 1. The average Bonchev–Trinajstić information content (AvgIpc) is 2.63. The molecule has 2 nitrogen and oxygen atoms in total. The third-order valence-electron chi connectivity index (χ3n) is 2.64. The topological polar surface area (TPSA) is 26.5 Å². The van der Waals surface area contributed by atoms with Gasteiger partial charge in [0.1, 0.15) is 0 Å². The smallest absolute Gasteiger partial charge is 0.164 e. The van der Waals surface area contributed by atoms with Gasteiger partial charge in [0.25, 0.3) is 0 Å². The molecule has 1 aromatic rings. The quantitative estimate of drug-likeness (QED) is 0.742. The maximum Gasteiger partial charge on any atom is 0.435 e. The molecule has 0 aliphatic carbocycles. The van der Waals surface area contributed by atoms with Crippen LogP contribution in [0, 0.1) is 6.92 Å². The zero-order valence-corrected chi connectivity index (χ0v) is 10.4. The first-order valence-corrected chi connectivity index (χ1v) is 5.52. The Balaban J connectivity index is 2.66. The monoisotopic (exact) mass is 273 g/mol. The molecular formula is C12H9ClF3N2. The highest BCUT2D eigenvalue weighted by molar-refractivity contribution is 6.31. The Morgan fingerprint density at radius 2 is 1.83 bits per heavy atom. The first kappa shape index (κ1) is 13.0. The van der Waals surface area contributed by atoms with Gasteiger partial charge < -0.3 is 0 Å². The van der Waals surface area contributed by atoms with Gasteiger partial charge in [-0.25, -0.2) is 0 Å². The van der Waals surface area contributed by atoms with Crippen LogP contribution in [0.4, 0.5) is 13.2 Å². The summed E-state index contributed by atoms with van der Waals surface area (Å²) in [6.07, 6.45) is -4.52. The van der Waals surface area contributed by atoms with Crippen molar-refractivity contribution in [2.45, 2.75) is 20.0 Å². The van der Waals surface area contributed by atoms with E-state index < -0.39 is 11.9 Å². The van der Waals surface area contributed by atoms with Crippen LogP contribution in [0.25, 0.3) is 5.57 Å². The van der Waals surface area contributed by atoms with Gasteiger partial charge in [-0.1, -0.05) is 17.7 Å². The van der Waals surface area contributed by atoms with Gasteiger partial charge in [0.15, 0.2) is 5.70 Å². The summed E-state index contributed by atoms with van der Waals surface area (Å²) in [5.41, 5.74) is 3.61. The molecule has 0 N–H and O–H groups in total. The third-order valence-corrected chi connectivity index (χ3v) is 2.87. The van der Waals surface area contributed by atoms with E-state index in [4.69, 9.17) is 11.6 Å². The van der Waals surface area contributed by atoms with Crippen molar-refractivity contribution in [3.05, 3.63) is 40.0 Å². The second-order valence-corrected chi connectivity index (χ2v) is 4.40. The van der Waals surface area contributed by atoms with Crippen LogP contribution in [0.1, 0.15) is 18.1 Å². The average molecular weight is 274 g/mol.